The fourth-order valence-electron chi connectivity index (χ4n) is 5.45. The summed E-state index contributed by atoms with van der Waals surface area (Å²) in [5.41, 5.74) is 1.39. The van der Waals surface area contributed by atoms with Gasteiger partial charge in [0.2, 0.25) is 5.91 Å². The van der Waals surface area contributed by atoms with Crippen molar-refractivity contribution in [1.29, 1.82) is 0 Å². The number of aromatic nitrogens is 1. The molecule has 14 heteroatoms. The lowest BCUT2D eigenvalue weighted by Gasteiger charge is -2.35. The van der Waals surface area contributed by atoms with E-state index in [4.69, 9.17) is 0 Å². The highest BCUT2D eigenvalue weighted by Gasteiger charge is 2.43. The first-order valence-electron chi connectivity index (χ1n) is 13.1. The van der Waals surface area contributed by atoms with Gasteiger partial charge in [0.15, 0.2) is 0 Å². The number of halogens is 4. The molecule has 0 unspecified atom stereocenters. The van der Waals surface area contributed by atoms with Gasteiger partial charge in [-0.05, 0) is 72.9 Å². The number of carboxylic acids is 1. The lowest BCUT2D eigenvalue weighted by Crippen LogP contribution is -2.40. The Morgan fingerprint density at radius 3 is 2.42 bits per heavy atom. The quantitative estimate of drug-likeness (QED) is 0.224. The van der Waals surface area contributed by atoms with Crippen LogP contribution in [0.5, 0.6) is 0 Å². The molecule has 5 rings (SSSR count). The van der Waals surface area contributed by atoms with E-state index in [1.54, 1.807) is 35.8 Å². The average molecular weight is 636 g/mol. The number of fused-ring (bicyclic) bond motifs is 1. The van der Waals surface area contributed by atoms with Crippen molar-refractivity contribution >= 4 is 54.8 Å². The number of carbonyl (C=O) groups is 2. The minimum Gasteiger partial charge on any atom is -0.481 e. The van der Waals surface area contributed by atoms with Gasteiger partial charge >= 0.3 is 12.1 Å². The number of carboxylic acid groups (broad SMARTS) is 1. The number of rotatable bonds is 7. The molecule has 226 valence electrons. The molecule has 0 radical (unpaired) electrons. The Labute approximate surface area is 248 Å². The van der Waals surface area contributed by atoms with E-state index in [0.717, 1.165) is 15.1 Å². The highest BCUT2D eigenvalue weighted by molar-refractivity contribution is 7.92. The Morgan fingerprint density at radius 1 is 1.05 bits per heavy atom. The van der Waals surface area contributed by atoms with Crippen LogP contribution in [0.25, 0.3) is 10.2 Å². The van der Waals surface area contributed by atoms with Gasteiger partial charge in [0, 0.05) is 7.05 Å². The molecule has 1 heterocycles. The molecule has 1 saturated carbocycles. The van der Waals surface area contributed by atoms with Crippen LogP contribution >= 0.6 is 11.3 Å². The van der Waals surface area contributed by atoms with E-state index >= 15 is 0 Å². The number of hydrogen-bond donors (Lipinski definition) is 2. The molecule has 0 spiro atoms. The molecule has 1 aliphatic carbocycles. The van der Waals surface area contributed by atoms with E-state index in [0.29, 0.717) is 35.7 Å². The van der Waals surface area contributed by atoms with Gasteiger partial charge in [0.25, 0.3) is 10.0 Å². The minimum atomic E-state index is -4.77. The Morgan fingerprint density at radius 2 is 1.77 bits per heavy atom. The van der Waals surface area contributed by atoms with Crippen molar-refractivity contribution < 1.29 is 40.7 Å². The zero-order chi connectivity index (χ0) is 31.1. The second kappa shape index (κ2) is 11.6. The molecule has 1 fully saturated rings. The van der Waals surface area contributed by atoms with Crippen molar-refractivity contribution in [2.75, 3.05) is 16.7 Å². The van der Waals surface area contributed by atoms with E-state index < -0.39 is 62.9 Å². The van der Waals surface area contributed by atoms with Crippen LogP contribution < -0.4 is 9.62 Å². The fraction of sp³-hybridized carbons (Fsp3) is 0.276. The van der Waals surface area contributed by atoms with E-state index in [1.165, 1.54) is 30.5 Å². The molecule has 1 amide bonds. The predicted octanol–water partition coefficient (Wildman–Crippen LogP) is 6.50. The molecule has 0 bridgehead atoms. The van der Waals surface area contributed by atoms with Gasteiger partial charge in [-0.3, -0.25) is 13.9 Å². The van der Waals surface area contributed by atoms with Crippen molar-refractivity contribution in [3.63, 3.8) is 0 Å². The summed E-state index contributed by atoms with van der Waals surface area (Å²) in [5.74, 6) is -6.26. The highest BCUT2D eigenvalue weighted by Crippen LogP contribution is 2.43. The summed E-state index contributed by atoms with van der Waals surface area (Å²) in [4.78, 5) is 29.7. The Balaban J connectivity index is 1.35. The van der Waals surface area contributed by atoms with Gasteiger partial charge in [0.1, 0.15) is 5.82 Å². The highest BCUT2D eigenvalue weighted by atomic mass is 32.2. The van der Waals surface area contributed by atoms with Crippen LogP contribution in [0, 0.1) is 17.7 Å². The number of benzene rings is 3. The van der Waals surface area contributed by atoms with Crippen molar-refractivity contribution in [3.05, 3.63) is 83.1 Å². The lowest BCUT2D eigenvalue weighted by atomic mass is 9.69. The van der Waals surface area contributed by atoms with Gasteiger partial charge in [-0.25, -0.2) is 17.8 Å². The Kier molecular flexibility index (Phi) is 8.18. The monoisotopic (exact) mass is 635 g/mol. The van der Waals surface area contributed by atoms with Crippen LogP contribution in [0.2, 0.25) is 0 Å². The van der Waals surface area contributed by atoms with Crippen LogP contribution in [-0.2, 0) is 25.8 Å². The number of nitrogens with one attached hydrogen (secondary N) is 1. The van der Waals surface area contributed by atoms with Crippen LogP contribution in [0.4, 0.5) is 28.9 Å². The van der Waals surface area contributed by atoms with Crippen molar-refractivity contribution in [1.82, 2.24) is 4.98 Å². The summed E-state index contributed by atoms with van der Waals surface area (Å²) in [6, 6.07) is 12.7. The molecule has 1 aliphatic rings. The summed E-state index contributed by atoms with van der Waals surface area (Å²) >= 11 is 1.39. The number of sulfonamides is 1. The van der Waals surface area contributed by atoms with Crippen LogP contribution in [-0.4, -0.2) is 37.4 Å². The van der Waals surface area contributed by atoms with Crippen LogP contribution in [0.1, 0.15) is 36.3 Å². The largest absolute Gasteiger partial charge is 0.481 e. The molecule has 3 aromatic carbocycles. The molecule has 0 aliphatic heterocycles. The van der Waals surface area contributed by atoms with E-state index in [1.807, 2.05) is 0 Å². The van der Waals surface area contributed by atoms with Crippen LogP contribution in [0.15, 0.2) is 71.1 Å². The molecule has 8 nitrogen and oxygen atoms in total. The van der Waals surface area contributed by atoms with Crippen molar-refractivity contribution in [3.8, 4) is 0 Å². The fourth-order valence-corrected chi connectivity index (χ4v) is 7.33. The van der Waals surface area contributed by atoms with Gasteiger partial charge in [-0.1, -0.05) is 18.6 Å². The molecule has 2 N–H and O–H groups in total. The standard InChI is InChI=1S/C29H25F4N3O5S2/c1-36(43(40,41)19-10-12-25-24(14-19)34-15-42-25)18-8-5-16(6-9-18)20-3-2-4-21(26(20)28(38)39)27(37)35-23-11-7-17(13-22(23)30)29(31,32)33/h5-15,20-21,26H,2-4H2,1H3,(H,35,37)(H,38,39)/t20-,21-,26-/m1/s1. The number of thiazole rings is 1. The van der Waals surface area contributed by atoms with Gasteiger partial charge in [0.05, 0.1) is 49.4 Å². The van der Waals surface area contributed by atoms with Crippen LogP contribution in [0.3, 0.4) is 0 Å². The molecule has 43 heavy (non-hydrogen) atoms. The van der Waals surface area contributed by atoms with E-state index in [2.05, 4.69) is 10.3 Å². The predicted molar refractivity (Wildman–Crippen MR) is 153 cm³/mol. The van der Waals surface area contributed by atoms with E-state index in [9.17, 15) is 40.7 Å². The normalized spacial score (nSPS) is 19.2. The Bertz CT molecular complexity index is 1790. The first-order valence-corrected chi connectivity index (χ1v) is 15.4. The van der Waals surface area contributed by atoms with Crippen molar-refractivity contribution in [2.24, 2.45) is 11.8 Å². The zero-order valence-electron chi connectivity index (χ0n) is 22.5. The molecule has 1 aromatic heterocycles. The first-order chi connectivity index (χ1) is 20.3. The maximum Gasteiger partial charge on any atom is 0.416 e. The van der Waals surface area contributed by atoms with E-state index in [-0.39, 0.29) is 17.4 Å². The summed E-state index contributed by atoms with van der Waals surface area (Å²) in [5, 5.41) is 12.4. The lowest BCUT2D eigenvalue weighted by molar-refractivity contribution is -0.148. The summed E-state index contributed by atoms with van der Waals surface area (Å²) < 4.78 is 81.6. The van der Waals surface area contributed by atoms with Gasteiger partial charge in [-0.2, -0.15) is 13.2 Å². The maximum absolute atomic E-state index is 14.4. The zero-order valence-corrected chi connectivity index (χ0v) is 24.1. The first kappa shape index (κ1) is 30.4. The molecular formula is C29H25F4N3O5S2. The number of carbonyl (C=O) groups excluding carboxylic acids is 1. The molecular weight excluding hydrogens is 610 g/mol. The van der Waals surface area contributed by atoms with Gasteiger partial charge < -0.3 is 10.4 Å². The topological polar surface area (TPSA) is 117 Å². The molecule has 0 saturated heterocycles. The van der Waals surface area contributed by atoms with Crippen molar-refractivity contribution in [2.45, 2.75) is 36.3 Å². The molecule has 3 atom stereocenters. The number of amides is 1. The number of hydrogen-bond acceptors (Lipinski definition) is 6. The third-order valence-electron chi connectivity index (χ3n) is 7.72. The minimum absolute atomic E-state index is 0.0639. The Hall–Kier alpha value is -4.04. The smallest absolute Gasteiger partial charge is 0.416 e. The third kappa shape index (κ3) is 6.07. The molecule has 4 aromatic rings. The maximum atomic E-state index is 14.4. The summed E-state index contributed by atoms with van der Waals surface area (Å²) in [6.07, 6.45) is -3.68. The number of alkyl halides is 3. The summed E-state index contributed by atoms with van der Waals surface area (Å²) in [7, 11) is -2.53. The second-order valence-electron chi connectivity index (χ2n) is 10.2. The summed E-state index contributed by atoms with van der Waals surface area (Å²) in [6.45, 7) is 0. The third-order valence-corrected chi connectivity index (χ3v) is 10.3. The number of nitrogens with zero attached hydrogens (tertiary/aromatic N) is 2. The SMILES string of the molecule is CN(c1ccc([C@H]2CCC[C@@H](C(=O)Nc3ccc(C(F)(F)F)cc3F)[C@@H]2C(=O)O)cc1)S(=O)(=O)c1ccc2scnc2c1. The second-order valence-corrected chi connectivity index (χ2v) is 13.1. The van der Waals surface area contributed by atoms with Gasteiger partial charge in [-0.15, -0.1) is 11.3 Å². The number of anilines is 2. The average Bonchev–Trinajstić information content (AvgIpc) is 3.45. The number of aliphatic carboxylic acids is 1.